The Labute approximate surface area is 120 Å². The van der Waals surface area contributed by atoms with E-state index < -0.39 is 5.91 Å². The fraction of sp³-hybridized carbons (Fsp3) is 0.143. The van der Waals surface area contributed by atoms with Crippen LogP contribution in [0.3, 0.4) is 0 Å². The van der Waals surface area contributed by atoms with Gasteiger partial charge in [0.25, 0.3) is 11.8 Å². The van der Waals surface area contributed by atoms with Crippen LogP contribution in [0.5, 0.6) is 5.75 Å². The highest BCUT2D eigenvalue weighted by Gasteiger charge is 2.21. The number of aryl methyl sites for hydroxylation is 1. The number of anilines is 2. The van der Waals surface area contributed by atoms with Crippen molar-refractivity contribution in [3.05, 3.63) is 42.0 Å². The fourth-order valence-corrected chi connectivity index (χ4v) is 2.04. The van der Waals surface area contributed by atoms with E-state index in [9.17, 15) is 9.59 Å². The number of hydrogen-bond acceptors (Lipinski definition) is 5. The monoisotopic (exact) mass is 284 g/mol. The summed E-state index contributed by atoms with van der Waals surface area (Å²) in [7, 11) is 0. The van der Waals surface area contributed by atoms with Gasteiger partial charge in [0, 0.05) is 12.4 Å². The number of hydrogen-bond donors (Lipinski definition) is 2. The van der Waals surface area contributed by atoms with E-state index in [2.05, 4.69) is 20.6 Å². The fourth-order valence-electron chi connectivity index (χ4n) is 2.04. The molecule has 7 nitrogen and oxygen atoms in total. The number of nitrogens with zero attached hydrogens (tertiary/aromatic N) is 2. The van der Waals surface area contributed by atoms with E-state index in [1.807, 2.05) is 6.92 Å². The molecule has 0 saturated carbocycles. The van der Waals surface area contributed by atoms with Gasteiger partial charge in [0.15, 0.2) is 12.4 Å². The van der Waals surface area contributed by atoms with Gasteiger partial charge in [-0.05, 0) is 24.6 Å². The lowest BCUT2D eigenvalue weighted by Gasteiger charge is -2.21. The Morgan fingerprint density at radius 1 is 1.38 bits per heavy atom. The van der Waals surface area contributed by atoms with Crippen LogP contribution in [-0.2, 0) is 4.79 Å². The number of carbonyl (C=O) groups excluding carboxylic acids is 2. The van der Waals surface area contributed by atoms with Crippen molar-refractivity contribution in [1.82, 2.24) is 9.97 Å². The number of nitrogens with one attached hydrogen (secondary N) is 2. The predicted octanol–water partition coefficient (Wildman–Crippen LogP) is 1.37. The number of carbonyl (C=O) groups is 2. The zero-order valence-corrected chi connectivity index (χ0v) is 11.2. The van der Waals surface area contributed by atoms with Crippen molar-refractivity contribution in [3.8, 4) is 5.75 Å². The summed E-state index contributed by atoms with van der Waals surface area (Å²) in [4.78, 5) is 31.3. The summed E-state index contributed by atoms with van der Waals surface area (Å²) in [5, 5.41) is 5.44. The first-order valence-electron chi connectivity index (χ1n) is 6.28. The lowest BCUT2D eigenvalue weighted by atomic mass is 10.1. The first kappa shape index (κ1) is 13.0. The standard InChI is InChI=1S/C14H12N4O3/c1-8-4-9-13(21-7-12(19)17-9)10(5-8)18-14(20)11-6-15-2-3-16-11/h2-6H,7H2,1H3,(H,17,19)(H,18,20). The van der Waals surface area contributed by atoms with E-state index in [0.29, 0.717) is 17.1 Å². The summed E-state index contributed by atoms with van der Waals surface area (Å²) in [6, 6.07) is 3.55. The molecule has 0 unspecified atom stereocenters. The van der Waals surface area contributed by atoms with Crippen LogP contribution in [0.15, 0.2) is 30.7 Å². The van der Waals surface area contributed by atoms with Crippen LogP contribution < -0.4 is 15.4 Å². The molecule has 2 amide bonds. The molecule has 1 aromatic carbocycles. The molecule has 2 aromatic rings. The minimum atomic E-state index is -0.392. The molecule has 1 aromatic heterocycles. The van der Waals surface area contributed by atoms with Gasteiger partial charge in [-0.1, -0.05) is 0 Å². The van der Waals surface area contributed by atoms with Crippen molar-refractivity contribution in [1.29, 1.82) is 0 Å². The van der Waals surface area contributed by atoms with Gasteiger partial charge in [-0.15, -0.1) is 0 Å². The zero-order chi connectivity index (χ0) is 14.8. The number of rotatable bonds is 2. The Balaban J connectivity index is 1.92. The molecule has 0 fully saturated rings. The third-order valence-electron chi connectivity index (χ3n) is 2.90. The van der Waals surface area contributed by atoms with Gasteiger partial charge in [-0.25, -0.2) is 4.98 Å². The van der Waals surface area contributed by atoms with Crippen LogP contribution in [0.4, 0.5) is 11.4 Å². The van der Waals surface area contributed by atoms with Crippen LogP contribution in [0.1, 0.15) is 16.1 Å². The third kappa shape index (κ3) is 2.66. The van der Waals surface area contributed by atoms with E-state index in [0.717, 1.165) is 5.56 Å². The van der Waals surface area contributed by atoms with Crippen molar-refractivity contribution in [2.45, 2.75) is 6.92 Å². The molecule has 0 radical (unpaired) electrons. The van der Waals surface area contributed by atoms with Crippen molar-refractivity contribution in [3.63, 3.8) is 0 Å². The average Bonchev–Trinajstić information content (AvgIpc) is 2.47. The second kappa shape index (κ2) is 5.20. The first-order chi connectivity index (χ1) is 10.1. The molecular formula is C14H12N4O3. The smallest absolute Gasteiger partial charge is 0.275 e. The summed E-state index contributed by atoms with van der Waals surface area (Å²) >= 11 is 0. The highest BCUT2D eigenvalue weighted by atomic mass is 16.5. The van der Waals surface area contributed by atoms with E-state index in [-0.39, 0.29) is 18.2 Å². The topological polar surface area (TPSA) is 93.2 Å². The van der Waals surface area contributed by atoms with E-state index in [1.165, 1.54) is 18.6 Å². The van der Waals surface area contributed by atoms with Gasteiger partial charge in [0.2, 0.25) is 0 Å². The number of benzene rings is 1. The highest BCUT2D eigenvalue weighted by Crippen LogP contribution is 2.37. The molecule has 3 rings (SSSR count). The maximum absolute atomic E-state index is 12.1. The van der Waals surface area contributed by atoms with Gasteiger partial charge in [0.05, 0.1) is 17.6 Å². The molecule has 1 aliphatic heterocycles. The minimum Gasteiger partial charge on any atom is -0.479 e. The molecule has 0 saturated heterocycles. The van der Waals surface area contributed by atoms with Gasteiger partial charge in [0.1, 0.15) is 5.69 Å². The number of fused-ring (bicyclic) bond motifs is 1. The Morgan fingerprint density at radius 2 is 2.24 bits per heavy atom. The van der Waals surface area contributed by atoms with Crippen molar-refractivity contribution < 1.29 is 14.3 Å². The summed E-state index contributed by atoms with van der Waals surface area (Å²) in [5.74, 6) is -0.173. The van der Waals surface area contributed by atoms with Crippen molar-refractivity contribution in [2.75, 3.05) is 17.2 Å². The Bertz CT molecular complexity index is 716. The second-order valence-corrected chi connectivity index (χ2v) is 4.57. The second-order valence-electron chi connectivity index (χ2n) is 4.57. The van der Waals surface area contributed by atoms with Crippen LogP contribution in [0.2, 0.25) is 0 Å². The van der Waals surface area contributed by atoms with Crippen LogP contribution in [0.25, 0.3) is 0 Å². The minimum absolute atomic E-state index is 0.0793. The predicted molar refractivity (Wildman–Crippen MR) is 75.3 cm³/mol. The van der Waals surface area contributed by atoms with Gasteiger partial charge in [-0.3, -0.25) is 14.6 Å². The van der Waals surface area contributed by atoms with Gasteiger partial charge in [-0.2, -0.15) is 0 Å². The first-order valence-corrected chi connectivity index (χ1v) is 6.28. The molecule has 2 N–H and O–H groups in total. The quantitative estimate of drug-likeness (QED) is 0.868. The molecule has 7 heteroatoms. The molecule has 1 aliphatic rings. The lowest BCUT2D eigenvalue weighted by Crippen LogP contribution is -2.26. The highest BCUT2D eigenvalue weighted by molar-refractivity contribution is 6.05. The largest absolute Gasteiger partial charge is 0.479 e. The number of aromatic nitrogens is 2. The average molecular weight is 284 g/mol. The zero-order valence-electron chi connectivity index (χ0n) is 11.2. The summed E-state index contributed by atoms with van der Waals surface area (Å²) in [6.07, 6.45) is 4.31. The molecule has 0 spiro atoms. The third-order valence-corrected chi connectivity index (χ3v) is 2.90. The van der Waals surface area contributed by atoms with Crippen molar-refractivity contribution in [2.24, 2.45) is 0 Å². The Hall–Kier alpha value is -2.96. The van der Waals surface area contributed by atoms with Crippen LogP contribution in [0, 0.1) is 6.92 Å². The van der Waals surface area contributed by atoms with Gasteiger partial charge < -0.3 is 15.4 Å². The number of ether oxygens (including phenoxy) is 1. The Kier molecular flexibility index (Phi) is 3.23. The van der Waals surface area contributed by atoms with Crippen LogP contribution in [-0.4, -0.2) is 28.4 Å². The van der Waals surface area contributed by atoms with E-state index in [1.54, 1.807) is 12.1 Å². The maximum Gasteiger partial charge on any atom is 0.275 e. The van der Waals surface area contributed by atoms with Crippen molar-refractivity contribution >= 4 is 23.2 Å². The summed E-state index contributed by atoms with van der Waals surface area (Å²) < 4.78 is 5.40. The molecule has 2 heterocycles. The Morgan fingerprint density at radius 3 is 3.00 bits per heavy atom. The van der Waals surface area contributed by atoms with Gasteiger partial charge >= 0.3 is 0 Å². The summed E-state index contributed by atoms with van der Waals surface area (Å²) in [5.41, 5.74) is 2.11. The summed E-state index contributed by atoms with van der Waals surface area (Å²) in [6.45, 7) is 1.78. The molecule has 0 atom stereocenters. The molecule has 0 aliphatic carbocycles. The molecule has 21 heavy (non-hydrogen) atoms. The molecule has 0 bridgehead atoms. The maximum atomic E-state index is 12.1. The van der Waals surface area contributed by atoms with E-state index in [4.69, 9.17) is 4.74 Å². The van der Waals surface area contributed by atoms with Crippen LogP contribution >= 0.6 is 0 Å². The molecule has 106 valence electrons. The number of amides is 2. The lowest BCUT2D eigenvalue weighted by molar-refractivity contribution is -0.118. The SMILES string of the molecule is Cc1cc2c(c(NC(=O)c3cnccn3)c1)OCC(=O)N2. The normalized spacial score (nSPS) is 12.9. The molecular weight excluding hydrogens is 272 g/mol. The van der Waals surface area contributed by atoms with E-state index >= 15 is 0 Å².